The maximum Gasteiger partial charge on any atom is 0.127 e. The highest BCUT2D eigenvalue weighted by Gasteiger charge is 2.36. The summed E-state index contributed by atoms with van der Waals surface area (Å²) >= 11 is 0. The van der Waals surface area contributed by atoms with E-state index in [2.05, 4.69) is 136 Å². The Labute approximate surface area is 235 Å². The maximum atomic E-state index is 7.15. The molecule has 6 rings (SSSR count). The van der Waals surface area contributed by atoms with Crippen LogP contribution >= 0.6 is 7.92 Å². The molecule has 0 spiro atoms. The molecule has 1 saturated carbocycles. The lowest BCUT2D eigenvalue weighted by molar-refractivity contribution is 0.0265. The summed E-state index contributed by atoms with van der Waals surface area (Å²) in [6, 6.07) is 40.3. The minimum atomic E-state index is -0.713. The molecule has 4 aromatic rings. The maximum absolute atomic E-state index is 7.15. The molecule has 0 aliphatic heterocycles. The summed E-state index contributed by atoms with van der Waals surface area (Å²) in [6.07, 6.45) is 6.29. The molecule has 0 saturated heterocycles. The smallest absolute Gasteiger partial charge is 0.127 e. The predicted octanol–water partition coefficient (Wildman–Crippen LogP) is 9.20. The van der Waals surface area contributed by atoms with E-state index in [1.54, 1.807) is 0 Å². The van der Waals surface area contributed by atoms with Crippen molar-refractivity contribution in [3.63, 3.8) is 0 Å². The molecule has 2 heteroatoms. The minimum Gasteiger partial charge on any atom is -0.489 e. The van der Waals surface area contributed by atoms with E-state index in [1.165, 1.54) is 45.7 Å². The molecular weight excluding hydrogens is 491 g/mol. The van der Waals surface area contributed by atoms with Crippen LogP contribution in [0, 0.1) is 17.8 Å². The fraction of sp³-hybridized carbons (Fsp3) is 0.297. The first kappa shape index (κ1) is 26.1. The van der Waals surface area contributed by atoms with Gasteiger partial charge < -0.3 is 4.74 Å². The number of benzene rings is 4. The molecule has 4 aromatic carbocycles. The zero-order chi connectivity index (χ0) is 26.8. The van der Waals surface area contributed by atoms with Gasteiger partial charge >= 0.3 is 0 Å². The lowest BCUT2D eigenvalue weighted by atomic mass is 9.75. The van der Waals surface area contributed by atoms with Crippen molar-refractivity contribution in [2.45, 2.75) is 51.8 Å². The molecule has 2 unspecified atom stereocenters. The van der Waals surface area contributed by atoms with E-state index in [9.17, 15) is 0 Å². The molecule has 1 fully saturated rings. The molecular formula is C37H39OP. The molecule has 2 aliphatic rings. The van der Waals surface area contributed by atoms with Gasteiger partial charge in [-0.05, 0) is 71.9 Å². The summed E-state index contributed by atoms with van der Waals surface area (Å²) in [4.78, 5) is 0. The average molecular weight is 531 g/mol. The van der Waals surface area contributed by atoms with Crippen molar-refractivity contribution in [3.05, 3.63) is 131 Å². The van der Waals surface area contributed by atoms with Crippen molar-refractivity contribution < 1.29 is 4.74 Å². The van der Waals surface area contributed by atoms with Crippen molar-refractivity contribution >= 4 is 30.4 Å². The Morgan fingerprint density at radius 3 is 1.95 bits per heavy atom. The quantitative estimate of drug-likeness (QED) is 0.226. The molecule has 0 bridgehead atoms. The Balaban J connectivity index is 1.52. The number of hydrogen-bond acceptors (Lipinski definition) is 1. The van der Waals surface area contributed by atoms with Crippen LogP contribution in [0.1, 0.15) is 67.9 Å². The molecule has 39 heavy (non-hydrogen) atoms. The number of hydrogen-bond donors (Lipinski definition) is 0. The monoisotopic (exact) mass is 530 g/mol. The van der Waals surface area contributed by atoms with Crippen molar-refractivity contribution in [1.82, 2.24) is 0 Å². The van der Waals surface area contributed by atoms with Crippen molar-refractivity contribution in [3.8, 4) is 0 Å². The average Bonchev–Trinajstić information content (AvgIpc) is 3.09. The molecule has 0 aromatic heterocycles. The summed E-state index contributed by atoms with van der Waals surface area (Å²) in [7, 11) is -0.713. The van der Waals surface area contributed by atoms with Crippen LogP contribution < -0.4 is 10.6 Å². The number of ether oxygens (including phenoxy) is 1. The van der Waals surface area contributed by atoms with Gasteiger partial charge in [-0.15, -0.1) is 0 Å². The van der Waals surface area contributed by atoms with Gasteiger partial charge in [0.2, 0.25) is 0 Å². The second-order valence-electron chi connectivity index (χ2n) is 11.7. The van der Waals surface area contributed by atoms with E-state index >= 15 is 0 Å². The van der Waals surface area contributed by atoms with Gasteiger partial charge in [0.25, 0.3) is 0 Å². The van der Waals surface area contributed by atoms with Crippen molar-refractivity contribution in [2.24, 2.45) is 17.8 Å². The molecule has 0 radical (unpaired) electrons. The summed E-state index contributed by atoms with van der Waals surface area (Å²) in [5, 5.41) is 2.80. The van der Waals surface area contributed by atoms with Gasteiger partial charge in [-0.2, -0.15) is 0 Å². The van der Waals surface area contributed by atoms with Crippen LogP contribution in [-0.2, 0) is 4.74 Å². The van der Waals surface area contributed by atoms with Crippen LogP contribution in [0.25, 0.3) is 11.8 Å². The first-order valence-corrected chi connectivity index (χ1v) is 16.0. The summed E-state index contributed by atoms with van der Waals surface area (Å²) < 4.78 is 7.15. The Morgan fingerprint density at radius 1 is 0.692 bits per heavy atom. The highest BCUT2D eigenvalue weighted by molar-refractivity contribution is 7.73. The Kier molecular flexibility index (Phi) is 7.71. The molecule has 0 N–H and O–H groups in total. The van der Waals surface area contributed by atoms with Gasteiger partial charge in [0.15, 0.2) is 0 Å². The van der Waals surface area contributed by atoms with Crippen LogP contribution in [0.3, 0.4) is 0 Å². The first-order valence-electron chi connectivity index (χ1n) is 14.6. The molecule has 0 amide bonds. The van der Waals surface area contributed by atoms with Crippen LogP contribution in [0.5, 0.6) is 0 Å². The third-order valence-corrected chi connectivity index (χ3v) is 11.4. The van der Waals surface area contributed by atoms with E-state index in [0.717, 1.165) is 12.2 Å². The second kappa shape index (κ2) is 11.5. The van der Waals surface area contributed by atoms with Gasteiger partial charge in [-0.3, -0.25) is 0 Å². The third kappa shape index (κ3) is 5.35. The largest absolute Gasteiger partial charge is 0.489 e. The van der Waals surface area contributed by atoms with E-state index < -0.39 is 7.92 Å². The van der Waals surface area contributed by atoms with Crippen molar-refractivity contribution in [2.75, 3.05) is 0 Å². The van der Waals surface area contributed by atoms with Crippen LogP contribution in [-0.4, -0.2) is 6.10 Å². The standard InChI is InChI=1S/C37H39OP/c1-26(2)31-23-22-27(3)24-35(31)38-36-25-28-14-10-11-19-32(28)37(34-21-13-12-20-33(34)36)39(29-15-6-4-7-16-29)30-17-8-5-9-18-30/h4-21,25-27,31,35,37H,22-24H2,1-3H3/t27?,31-,35?,37-/m0/s1. The second-order valence-corrected chi connectivity index (χ2v) is 13.9. The van der Waals surface area contributed by atoms with Crippen LogP contribution in [0.2, 0.25) is 0 Å². The molecule has 2 aliphatic carbocycles. The van der Waals surface area contributed by atoms with Crippen molar-refractivity contribution in [1.29, 1.82) is 0 Å². The Bertz CT molecular complexity index is 1380. The SMILES string of the molecule is CC1CC[C@@H](C(C)C)C(OC2=Cc3ccccc3[C@H](P(c3ccccc3)c3ccccc3)c3ccccc32)C1. The van der Waals surface area contributed by atoms with E-state index in [1.807, 2.05) is 0 Å². The molecule has 0 heterocycles. The summed E-state index contributed by atoms with van der Waals surface area (Å²) in [5.74, 6) is 2.96. The number of fused-ring (bicyclic) bond motifs is 2. The van der Waals surface area contributed by atoms with Crippen LogP contribution in [0.15, 0.2) is 109 Å². The Morgan fingerprint density at radius 2 is 1.28 bits per heavy atom. The third-order valence-electron chi connectivity index (χ3n) is 8.66. The zero-order valence-electron chi connectivity index (χ0n) is 23.3. The Hall–Kier alpha value is -3.15. The van der Waals surface area contributed by atoms with Crippen LogP contribution in [0.4, 0.5) is 0 Å². The van der Waals surface area contributed by atoms with Gasteiger partial charge in [-0.25, -0.2) is 0 Å². The molecule has 1 nitrogen and oxygen atoms in total. The zero-order valence-corrected chi connectivity index (χ0v) is 24.2. The van der Waals surface area contributed by atoms with Gasteiger partial charge in [0.05, 0.1) is 0 Å². The van der Waals surface area contributed by atoms with Gasteiger partial charge in [-0.1, -0.05) is 136 Å². The topological polar surface area (TPSA) is 9.23 Å². The number of rotatable bonds is 6. The fourth-order valence-electron chi connectivity index (χ4n) is 6.65. The van der Waals surface area contributed by atoms with Gasteiger partial charge in [0, 0.05) is 11.2 Å². The fourth-order valence-corrected chi connectivity index (χ4v) is 9.55. The highest BCUT2D eigenvalue weighted by atomic mass is 31.1. The van der Waals surface area contributed by atoms with E-state index in [0.29, 0.717) is 17.8 Å². The normalized spacial score (nSPS) is 22.5. The summed E-state index contributed by atoms with van der Waals surface area (Å²) in [6.45, 7) is 7.12. The summed E-state index contributed by atoms with van der Waals surface area (Å²) in [5.41, 5.74) is 5.51. The van der Waals surface area contributed by atoms with E-state index in [-0.39, 0.29) is 11.8 Å². The van der Waals surface area contributed by atoms with E-state index in [4.69, 9.17) is 4.74 Å². The first-order chi connectivity index (χ1) is 19.1. The lowest BCUT2D eigenvalue weighted by Crippen LogP contribution is -2.34. The molecule has 4 atom stereocenters. The predicted molar refractivity (Wildman–Crippen MR) is 168 cm³/mol. The highest BCUT2D eigenvalue weighted by Crippen LogP contribution is 2.57. The minimum absolute atomic E-state index is 0.223. The van der Waals surface area contributed by atoms with Gasteiger partial charge in [0.1, 0.15) is 11.9 Å². The molecule has 198 valence electrons. The lowest BCUT2D eigenvalue weighted by Gasteiger charge is -2.38.